The van der Waals surface area contributed by atoms with E-state index in [2.05, 4.69) is 156 Å². The lowest BCUT2D eigenvalue weighted by Crippen LogP contribution is -2.61. The lowest BCUT2D eigenvalue weighted by atomic mass is 9.33. The molecule has 1 aromatic heterocycles. The summed E-state index contributed by atoms with van der Waals surface area (Å²) in [5.41, 5.74) is 15.5. The summed E-state index contributed by atoms with van der Waals surface area (Å²) in [5.74, 6) is 0. The molecule has 4 heterocycles. The maximum absolute atomic E-state index is 4.87. The molecule has 4 nitrogen and oxygen atoms in total. The molecule has 5 heteroatoms. The van der Waals surface area contributed by atoms with Crippen LogP contribution in [-0.2, 0) is 0 Å². The molecular formula is C41H31BN4. The number of benzene rings is 5. The molecule has 0 aliphatic carbocycles. The topological polar surface area (TPSA) is 31.4 Å². The Bertz CT molecular complexity index is 2170. The van der Waals surface area contributed by atoms with Crippen molar-refractivity contribution in [3.8, 4) is 11.3 Å². The molecule has 1 atom stereocenters. The predicted molar refractivity (Wildman–Crippen MR) is 193 cm³/mol. The highest BCUT2D eigenvalue weighted by atomic mass is 15.2. The van der Waals surface area contributed by atoms with Gasteiger partial charge in [0.15, 0.2) is 0 Å². The van der Waals surface area contributed by atoms with E-state index >= 15 is 0 Å². The zero-order valence-electron chi connectivity index (χ0n) is 25.5. The number of hydrogen-bond donors (Lipinski definition) is 1. The number of rotatable bonds is 4. The molecule has 9 rings (SSSR count). The number of fused-ring (bicyclic) bond motifs is 4. The van der Waals surface area contributed by atoms with Crippen molar-refractivity contribution in [2.45, 2.75) is 13.0 Å². The number of dihydropyridines is 1. The van der Waals surface area contributed by atoms with E-state index in [1.165, 1.54) is 50.3 Å². The highest BCUT2D eigenvalue weighted by Gasteiger charge is 2.44. The van der Waals surface area contributed by atoms with Crippen LogP contribution in [0.1, 0.15) is 17.2 Å². The van der Waals surface area contributed by atoms with Crippen molar-refractivity contribution in [1.29, 1.82) is 0 Å². The standard InChI is InChI=1S/C41H31BN4/c1-28-26-38-40-39(27-28)46(41-30(34-20-9-11-24-43-34)16-13-17-31(41)35-21-10-12-25-44-35)37-23-8-6-19-33(37)42(40)32-18-5-7-22-36(32)45(38)29-14-3-2-4-15-29/h2-27,34,43H,1H3. The molecular weight excluding hydrogens is 559 g/mol. The lowest BCUT2D eigenvalue weighted by molar-refractivity contribution is 0.746. The fraction of sp³-hybridized carbons (Fsp3) is 0.0488. The minimum atomic E-state index is 0.00993. The zero-order valence-corrected chi connectivity index (χ0v) is 25.5. The Balaban J connectivity index is 1.39. The van der Waals surface area contributed by atoms with E-state index < -0.39 is 0 Å². The van der Waals surface area contributed by atoms with Crippen LogP contribution in [0.3, 0.4) is 0 Å². The van der Waals surface area contributed by atoms with Gasteiger partial charge in [-0.25, -0.2) is 0 Å². The summed E-state index contributed by atoms with van der Waals surface area (Å²) in [5, 5.41) is 3.61. The third-order valence-electron chi connectivity index (χ3n) is 9.40. The van der Waals surface area contributed by atoms with Crippen LogP contribution in [-0.4, -0.2) is 11.7 Å². The third-order valence-corrected chi connectivity index (χ3v) is 9.40. The molecule has 1 unspecified atom stereocenters. The zero-order chi connectivity index (χ0) is 30.6. The Labute approximate surface area is 270 Å². The van der Waals surface area contributed by atoms with Crippen molar-refractivity contribution in [3.05, 3.63) is 169 Å². The van der Waals surface area contributed by atoms with Crippen LogP contribution in [0.2, 0.25) is 0 Å². The van der Waals surface area contributed by atoms with Gasteiger partial charge in [0.1, 0.15) is 0 Å². The number of para-hydroxylation sites is 4. The summed E-state index contributed by atoms with van der Waals surface area (Å²) in [6, 6.07) is 46.2. The van der Waals surface area contributed by atoms with Gasteiger partial charge < -0.3 is 15.1 Å². The fourth-order valence-corrected chi connectivity index (χ4v) is 7.56. The van der Waals surface area contributed by atoms with Gasteiger partial charge in [-0.05, 0) is 89.7 Å². The molecule has 1 N–H and O–H groups in total. The average molecular weight is 591 g/mol. The molecule has 46 heavy (non-hydrogen) atoms. The van der Waals surface area contributed by atoms with Crippen LogP contribution in [0.4, 0.5) is 34.1 Å². The molecule has 3 aliphatic rings. The van der Waals surface area contributed by atoms with Gasteiger partial charge in [0.05, 0.1) is 17.4 Å². The second kappa shape index (κ2) is 10.7. The smallest absolute Gasteiger partial charge is 0.252 e. The molecule has 3 aliphatic heterocycles. The second-order valence-electron chi connectivity index (χ2n) is 12.1. The van der Waals surface area contributed by atoms with E-state index in [1.807, 2.05) is 24.5 Å². The van der Waals surface area contributed by atoms with E-state index in [-0.39, 0.29) is 12.8 Å². The maximum Gasteiger partial charge on any atom is 0.252 e. The molecule has 0 radical (unpaired) electrons. The molecule has 6 aromatic rings. The van der Waals surface area contributed by atoms with E-state index in [9.17, 15) is 0 Å². The average Bonchev–Trinajstić information content (AvgIpc) is 3.12. The van der Waals surface area contributed by atoms with Crippen molar-refractivity contribution < 1.29 is 0 Å². The Morgan fingerprint density at radius 3 is 2.07 bits per heavy atom. The molecule has 0 saturated heterocycles. The van der Waals surface area contributed by atoms with E-state index in [0.29, 0.717) is 0 Å². The first-order chi connectivity index (χ1) is 22.8. The number of nitrogens with one attached hydrogen (secondary N) is 1. The Morgan fingerprint density at radius 1 is 0.652 bits per heavy atom. The Morgan fingerprint density at radius 2 is 1.35 bits per heavy atom. The second-order valence-corrected chi connectivity index (χ2v) is 12.1. The molecule has 0 saturated carbocycles. The predicted octanol–water partition coefficient (Wildman–Crippen LogP) is 7.85. The van der Waals surface area contributed by atoms with Crippen LogP contribution in [0.15, 0.2) is 158 Å². The summed E-state index contributed by atoms with van der Waals surface area (Å²) in [4.78, 5) is 9.84. The number of hydrogen-bond acceptors (Lipinski definition) is 4. The number of aromatic nitrogens is 1. The fourth-order valence-electron chi connectivity index (χ4n) is 7.56. The first kappa shape index (κ1) is 26.6. The number of aryl methyl sites for hydroxylation is 1. The molecule has 0 spiro atoms. The summed E-state index contributed by atoms with van der Waals surface area (Å²) in [6.45, 7) is 2.31. The highest BCUT2D eigenvalue weighted by molar-refractivity contribution is 7.00. The van der Waals surface area contributed by atoms with Crippen LogP contribution in [0.5, 0.6) is 0 Å². The highest BCUT2D eigenvalue weighted by Crippen LogP contribution is 2.48. The van der Waals surface area contributed by atoms with Gasteiger partial charge in [-0.15, -0.1) is 0 Å². The summed E-state index contributed by atoms with van der Waals surface area (Å²) in [6.07, 6.45) is 10.3. The van der Waals surface area contributed by atoms with Crippen molar-refractivity contribution in [2.75, 3.05) is 9.80 Å². The molecule has 0 amide bonds. The maximum atomic E-state index is 4.87. The molecule has 5 aromatic carbocycles. The number of nitrogens with zero attached hydrogens (tertiary/aromatic N) is 3. The van der Waals surface area contributed by atoms with Crippen molar-refractivity contribution in [1.82, 2.24) is 10.3 Å². The van der Waals surface area contributed by atoms with Crippen LogP contribution in [0.25, 0.3) is 11.3 Å². The number of allylic oxidation sites excluding steroid dienone is 2. The lowest BCUT2D eigenvalue weighted by Gasteiger charge is -2.45. The van der Waals surface area contributed by atoms with Crippen LogP contribution in [0, 0.1) is 6.92 Å². The largest absolute Gasteiger partial charge is 0.381 e. The molecule has 0 bridgehead atoms. The van der Waals surface area contributed by atoms with Crippen molar-refractivity contribution in [2.24, 2.45) is 0 Å². The van der Waals surface area contributed by atoms with Gasteiger partial charge in [0.2, 0.25) is 0 Å². The van der Waals surface area contributed by atoms with E-state index in [4.69, 9.17) is 4.98 Å². The van der Waals surface area contributed by atoms with Crippen molar-refractivity contribution >= 4 is 57.2 Å². The number of anilines is 6. The monoisotopic (exact) mass is 590 g/mol. The van der Waals surface area contributed by atoms with Gasteiger partial charge in [0, 0.05) is 45.8 Å². The third kappa shape index (κ3) is 4.05. The first-order valence-electron chi connectivity index (χ1n) is 15.9. The Hall–Kier alpha value is -5.81. The minimum Gasteiger partial charge on any atom is -0.381 e. The SMILES string of the molecule is Cc1cc2c3c(c1)N(c1c(-c4ccccn4)cccc1C1C=CC=CN1)c1ccccc1B3c1ccccc1N2c1ccccc1. The van der Waals surface area contributed by atoms with Crippen LogP contribution < -0.4 is 31.5 Å². The summed E-state index contributed by atoms with van der Waals surface area (Å²) in [7, 11) is 0. The van der Waals surface area contributed by atoms with Gasteiger partial charge in [-0.2, -0.15) is 0 Å². The van der Waals surface area contributed by atoms with E-state index in [1.54, 1.807) is 0 Å². The summed E-state index contributed by atoms with van der Waals surface area (Å²) >= 11 is 0. The van der Waals surface area contributed by atoms with Gasteiger partial charge in [-0.3, -0.25) is 4.98 Å². The first-order valence-corrected chi connectivity index (χ1v) is 15.9. The van der Waals surface area contributed by atoms with Crippen molar-refractivity contribution in [3.63, 3.8) is 0 Å². The summed E-state index contributed by atoms with van der Waals surface area (Å²) < 4.78 is 0. The molecule has 0 fully saturated rings. The van der Waals surface area contributed by atoms with E-state index in [0.717, 1.165) is 22.6 Å². The van der Waals surface area contributed by atoms with Gasteiger partial charge in [-0.1, -0.05) is 91.0 Å². The Kier molecular flexibility index (Phi) is 6.17. The molecule has 218 valence electrons. The van der Waals surface area contributed by atoms with Gasteiger partial charge >= 0.3 is 0 Å². The number of pyridine rings is 1. The normalized spacial score (nSPS) is 15.6. The quantitative estimate of drug-likeness (QED) is 0.212. The minimum absolute atomic E-state index is 0.00993. The van der Waals surface area contributed by atoms with Crippen LogP contribution >= 0.6 is 0 Å². The van der Waals surface area contributed by atoms with Gasteiger partial charge in [0.25, 0.3) is 6.71 Å².